The van der Waals surface area contributed by atoms with E-state index in [-0.39, 0.29) is 18.0 Å². The minimum absolute atomic E-state index is 0.109. The van der Waals surface area contributed by atoms with Crippen molar-refractivity contribution < 1.29 is 23.0 Å². The highest BCUT2D eigenvalue weighted by Crippen LogP contribution is 2.33. The molecule has 0 unspecified atom stereocenters. The number of aliphatic hydroxyl groups is 1. The third-order valence-electron chi connectivity index (χ3n) is 3.38. The van der Waals surface area contributed by atoms with Gasteiger partial charge in [0.1, 0.15) is 5.69 Å². The van der Waals surface area contributed by atoms with Crippen molar-refractivity contribution in [2.75, 3.05) is 30.9 Å². The van der Waals surface area contributed by atoms with E-state index in [1.54, 1.807) is 0 Å². The lowest BCUT2D eigenvalue weighted by Gasteiger charge is -2.37. The molecule has 112 valence electrons. The molecule has 8 heteroatoms. The molecule has 0 bridgehead atoms. The van der Waals surface area contributed by atoms with Gasteiger partial charge in [0.15, 0.2) is 0 Å². The number of nitrogens with one attached hydrogen (secondary N) is 1. The number of rotatable bonds is 3. The molecule has 0 aromatic carbocycles. The van der Waals surface area contributed by atoms with Crippen LogP contribution < -0.4 is 11.1 Å². The van der Waals surface area contributed by atoms with Gasteiger partial charge in [0.05, 0.1) is 29.7 Å². The summed E-state index contributed by atoms with van der Waals surface area (Å²) in [5.74, 6) is 0. The minimum atomic E-state index is -4.54. The first kappa shape index (κ1) is 14.9. The van der Waals surface area contributed by atoms with Gasteiger partial charge >= 0.3 is 6.18 Å². The smallest absolute Gasteiger partial charge is 0.396 e. The molecule has 5 nitrogen and oxygen atoms in total. The number of halogens is 3. The monoisotopic (exact) mass is 291 g/mol. The van der Waals surface area contributed by atoms with Crippen LogP contribution in [0.4, 0.5) is 24.5 Å². The first-order valence-electron chi connectivity index (χ1n) is 6.16. The molecule has 1 aromatic rings. The van der Waals surface area contributed by atoms with E-state index in [1.807, 2.05) is 0 Å². The van der Waals surface area contributed by atoms with Gasteiger partial charge in [-0.25, -0.2) is 4.98 Å². The van der Waals surface area contributed by atoms with E-state index in [0.29, 0.717) is 26.1 Å². The third-order valence-corrected chi connectivity index (χ3v) is 3.38. The van der Waals surface area contributed by atoms with E-state index < -0.39 is 17.4 Å². The molecule has 20 heavy (non-hydrogen) atoms. The van der Waals surface area contributed by atoms with Gasteiger partial charge in [0.2, 0.25) is 0 Å². The molecular weight excluding hydrogens is 275 g/mol. The Morgan fingerprint density at radius 3 is 2.60 bits per heavy atom. The van der Waals surface area contributed by atoms with Crippen LogP contribution in [0.2, 0.25) is 0 Å². The van der Waals surface area contributed by atoms with Gasteiger partial charge in [-0.2, -0.15) is 13.2 Å². The molecule has 0 amide bonds. The Balaban J connectivity index is 2.27. The molecule has 2 heterocycles. The average Bonchev–Trinajstić information content (AvgIpc) is 2.41. The standard InChI is InChI=1S/C12H16F3N3O2/c13-12(14,15)10-5-9(8(16)6-17-10)18-11(7-19)1-3-20-4-2-11/h5-6,19H,1-4,7,16H2,(H,17,18). The molecule has 0 atom stereocenters. The van der Waals surface area contributed by atoms with E-state index in [1.165, 1.54) is 0 Å². The van der Waals surface area contributed by atoms with Crippen LogP contribution in [0, 0.1) is 0 Å². The summed E-state index contributed by atoms with van der Waals surface area (Å²) in [6.45, 7) is 0.662. The Bertz CT molecular complexity index is 474. The number of ether oxygens (including phenoxy) is 1. The summed E-state index contributed by atoms with van der Waals surface area (Å²) in [7, 11) is 0. The highest BCUT2D eigenvalue weighted by molar-refractivity contribution is 5.66. The Morgan fingerprint density at radius 2 is 2.05 bits per heavy atom. The summed E-state index contributed by atoms with van der Waals surface area (Å²) in [5.41, 5.74) is 4.16. The average molecular weight is 291 g/mol. The van der Waals surface area contributed by atoms with Crippen molar-refractivity contribution in [2.24, 2.45) is 0 Å². The fourth-order valence-corrected chi connectivity index (χ4v) is 2.10. The topological polar surface area (TPSA) is 80.4 Å². The second-order valence-corrected chi connectivity index (χ2v) is 4.83. The van der Waals surface area contributed by atoms with Crippen LogP contribution in [-0.2, 0) is 10.9 Å². The van der Waals surface area contributed by atoms with E-state index in [0.717, 1.165) is 12.3 Å². The second-order valence-electron chi connectivity index (χ2n) is 4.83. The summed E-state index contributed by atoms with van der Waals surface area (Å²) >= 11 is 0. The minimum Gasteiger partial charge on any atom is -0.396 e. The fraction of sp³-hybridized carbons (Fsp3) is 0.583. The number of nitrogens with two attached hydrogens (primary N) is 1. The van der Waals surface area contributed by atoms with Gasteiger partial charge in [0, 0.05) is 13.2 Å². The van der Waals surface area contributed by atoms with Crippen molar-refractivity contribution in [1.82, 2.24) is 4.98 Å². The van der Waals surface area contributed by atoms with E-state index in [9.17, 15) is 18.3 Å². The predicted octanol–water partition coefficient (Wildman–Crippen LogP) is 1.64. The number of hydrogen-bond donors (Lipinski definition) is 3. The van der Waals surface area contributed by atoms with E-state index in [4.69, 9.17) is 10.5 Å². The Labute approximate surface area is 113 Å². The third kappa shape index (κ3) is 3.13. The number of aliphatic hydroxyl groups excluding tert-OH is 1. The molecule has 2 rings (SSSR count). The van der Waals surface area contributed by atoms with Gasteiger partial charge in [0.25, 0.3) is 0 Å². The van der Waals surface area contributed by atoms with Gasteiger partial charge in [-0.15, -0.1) is 0 Å². The van der Waals surface area contributed by atoms with E-state index >= 15 is 0 Å². The van der Waals surface area contributed by atoms with Crippen molar-refractivity contribution in [3.05, 3.63) is 18.0 Å². The molecule has 4 N–H and O–H groups in total. The number of nitrogen functional groups attached to an aromatic ring is 1. The first-order valence-corrected chi connectivity index (χ1v) is 6.16. The molecule has 0 aliphatic carbocycles. The number of nitrogens with zero attached hydrogens (tertiary/aromatic N) is 1. The molecule has 1 aromatic heterocycles. The normalized spacial score (nSPS) is 18.8. The number of hydrogen-bond acceptors (Lipinski definition) is 5. The second kappa shape index (κ2) is 5.45. The molecule has 1 fully saturated rings. The maximum Gasteiger partial charge on any atom is 0.433 e. The largest absolute Gasteiger partial charge is 0.433 e. The zero-order valence-corrected chi connectivity index (χ0v) is 10.7. The number of alkyl halides is 3. The SMILES string of the molecule is Nc1cnc(C(F)(F)F)cc1NC1(CO)CCOCC1. The lowest BCUT2D eigenvalue weighted by atomic mass is 9.90. The Hall–Kier alpha value is -1.54. The van der Waals surface area contributed by atoms with Gasteiger partial charge < -0.3 is 20.9 Å². The van der Waals surface area contributed by atoms with Crippen molar-refractivity contribution in [2.45, 2.75) is 24.6 Å². The van der Waals surface area contributed by atoms with Crippen molar-refractivity contribution in [3.8, 4) is 0 Å². The highest BCUT2D eigenvalue weighted by atomic mass is 19.4. The number of aromatic nitrogens is 1. The van der Waals surface area contributed by atoms with Crippen molar-refractivity contribution >= 4 is 11.4 Å². The molecule has 0 saturated carbocycles. The summed E-state index contributed by atoms with van der Waals surface area (Å²) in [4.78, 5) is 3.27. The molecular formula is C12H16F3N3O2. The van der Waals surface area contributed by atoms with Crippen molar-refractivity contribution in [1.29, 1.82) is 0 Å². The summed E-state index contributed by atoms with van der Waals surface area (Å²) in [6.07, 6.45) is -2.58. The van der Waals surface area contributed by atoms with E-state index in [2.05, 4.69) is 10.3 Å². The number of pyridine rings is 1. The van der Waals surface area contributed by atoms with Gasteiger partial charge in [-0.3, -0.25) is 0 Å². The van der Waals surface area contributed by atoms with Crippen molar-refractivity contribution in [3.63, 3.8) is 0 Å². The predicted molar refractivity (Wildman–Crippen MR) is 67.1 cm³/mol. The zero-order chi connectivity index (χ0) is 14.8. The Kier molecular flexibility index (Phi) is 4.05. The molecule has 1 aliphatic rings. The van der Waals surface area contributed by atoms with Gasteiger partial charge in [-0.05, 0) is 18.9 Å². The maximum atomic E-state index is 12.7. The lowest BCUT2D eigenvalue weighted by molar-refractivity contribution is -0.141. The van der Waals surface area contributed by atoms with Crippen LogP contribution in [-0.4, -0.2) is 35.5 Å². The highest BCUT2D eigenvalue weighted by Gasteiger charge is 2.35. The zero-order valence-electron chi connectivity index (χ0n) is 10.7. The summed E-state index contributed by atoms with van der Waals surface area (Å²) < 4.78 is 43.2. The summed E-state index contributed by atoms with van der Waals surface area (Å²) in [5, 5.41) is 12.5. The van der Waals surface area contributed by atoms with Crippen LogP contribution >= 0.6 is 0 Å². The first-order chi connectivity index (χ1) is 9.36. The molecule has 0 spiro atoms. The van der Waals surface area contributed by atoms with Crippen LogP contribution in [0.15, 0.2) is 12.3 Å². The fourth-order valence-electron chi connectivity index (χ4n) is 2.10. The molecule has 1 saturated heterocycles. The Morgan fingerprint density at radius 1 is 1.40 bits per heavy atom. The maximum absolute atomic E-state index is 12.7. The van der Waals surface area contributed by atoms with Gasteiger partial charge in [-0.1, -0.05) is 0 Å². The molecule has 0 radical (unpaired) electrons. The van der Waals surface area contributed by atoms with Crippen LogP contribution in [0.1, 0.15) is 18.5 Å². The quantitative estimate of drug-likeness (QED) is 0.789. The van der Waals surface area contributed by atoms with Crippen LogP contribution in [0.3, 0.4) is 0 Å². The van der Waals surface area contributed by atoms with Crippen LogP contribution in [0.5, 0.6) is 0 Å². The lowest BCUT2D eigenvalue weighted by Crippen LogP contribution is -2.47. The number of anilines is 2. The summed E-state index contributed by atoms with van der Waals surface area (Å²) in [6, 6.07) is 0.863. The molecule has 1 aliphatic heterocycles. The van der Waals surface area contributed by atoms with Crippen LogP contribution in [0.25, 0.3) is 0 Å².